The Bertz CT molecular complexity index is 953. The maximum Gasteiger partial charge on any atom is 0.275 e. The standard InChI is InChI=1S/C17H15F4N5O3/c1-9-6-13(25-4-2-17(20,21)3-5-25)23-16(22-9)24-15(27)14-11(18)7-10(26(28)29)8-12(14)19/h6-8H,2-5H2,1H3,(H,22,23,24,27). The van der Waals surface area contributed by atoms with Crippen LogP contribution in [-0.4, -0.2) is 39.8 Å². The number of carbonyl (C=O) groups is 1. The number of aryl methyl sites for hydroxylation is 1. The summed E-state index contributed by atoms with van der Waals surface area (Å²) in [6.45, 7) is 1.66. The number of rotatable bonds is 4. The number of nitrogens with one attached hydrogen (secondary N) is 1. The molecule has 2 heterocycles. The second-order valence-corrected chi connectivity index (χ2v) is 6.53. The van der Waals surface area contributed by atoms with Crippen molar-refractivity contribution >= 4 is 23.4 Å². The molecule has 1 aromatic carbocycles. The third kappa shape index (κ3) is 4.58. The molecule has 0 bridgehead atoms. The topological polar surface area (TPSA) is 101 Å². The predicted molar refractivity (Wildman–Crippen MR) is 94.1 cm³/mol. The molecule has 0 saturated carbocycles. The lowest BCUT2D eigenvalue weighted by Gasteiger charge is -2.32. The van der Waals surface area contributed by atoms with E-state index in [1.54, 1.807) is 11.8 Å². The molecule has 0 atom stereocenters. The van der Waals surface area contributed by atoms with Gasteiger partial charge in [0.25, 0.3) is 17.5 Å². The maximum atomic E-state index is 14.0. The molecule has 12 heteroatoms. The van der Waals surface area contributed by atoms with Crippen LogP contribution in [-0.2, 0) is 0 Å². The number of carbonyl (C=O) groups excluding carboxylic acids is 1. The zero-order valence-corrected chi connectivity index (χ0v) is 15.1. The second kappa shape index (κ2) is 7.60. The van der Waals surface area contributed by atoms with Gasteiger partial charge in [-0.3, -0.25) is 20.2 Å². The quantitative estimate of drug-likeness (QED) is 0.468. The molecule has 0 spiro atoms. The highest BCUT2D eigenvalue weighted by Gasteiger charge is 2.34. The van der Waals surface area contributed by atoms with Crippen molar-refractivity contribution in [2.45, 2.75) is 25.7 Å². The summed E-state index contributed by atoms with van der Waals surface area (Å²) in [6.07, 6.45) is -0.700. The molecule has 1 aliphatic rings. The number of benzene rings is 1. The van der Waals surface area contributed by atoms with Crippen molar-refractivity contribution in [3.8, 4) is 0 Å². The molecular weight excluding hydrogens is 398 g/mol. The number of nitro benzene ring substituents is 1. The van der Waals surface area contributed by atoms with Crippen molar-refractivity contribution < 1.29 is 27.3 Å². The average molecular weight is 413 g/mol. The number of anilines is 2. The third-order valence-electron chi connectivity index (χ3n) is 4.35. The summed E-state index contributed by atoms with van der Waals surface area (Å²) in [6, 6.07) is 2.38. The van der Waals surface area contributed by atoms with Crippen LogP contribution >= 0.6 is 0 Å². The van der Waals surface area contributed by atoms with Crippen LogP contribution in [0.4, 0.5) is 35.0 Å². The lowest BCUT2D eigenvalue weighted by atomic mass is 10.1. The van der Waals surface area contributed by atoms with Crippen molar-refractivity contribution in [2.24, 2.45) is 0 Å². The summed E-state index contributed by atoms with van der Waals surface area (Å²) in [5.74, 6) is -6.81. The molecule has 0 aliphatic carbocycles. The summed E-state index contributed by atoms with van der Waals surface area (Å²) >= 11 is 0. The Balaban J connectivity index is 1.83. The molecule has 0 radical (unpaired) electrons. The second-order valence-electron chi connectivity index (χ2n) is 6.53. The Morgan fingerprint density at radius 2 is 1.76 bits per heavy atom. The van der Waals surface area contributed by atoms with Crippen molar-refractivity contribution in [2.75, 3.05) is 23.3 Å². The van der Waals surface area contributed by atoms with Gasteiger partial charge in [0, 0.05) is 37.7 Å². The van der Waals surface area contributed by atoms with E-state index in [1.807, 2.05) is 0 Å². The number of nitro groups is 1. The summed E-state index contributed by atoms with van der Waals surface area (Å²) in [4.78, 5) is 31.5. The number of aromatic nitrogens is 2. The number of alkyl halides is 2. The predicted octanol–water partition coefficient (Wildman–Crippen LogP) is 3.46. The van der Waals surface area contributed by atoms with Crippen molar-refractivity contribution in [3.05, 3.63) is 51.2 Å². The number of non-ortho nitro benzene ring substituents is 1. The summed E-state index contributed by atoms with van der Waals surface area (Å²) < 4.78 is 54.7. The van der Waals surface area contributed by atoms with Crippen LogP contribution < -0.4 is 10.2 Å². The van der Waals surface area contributed by atoms with E-state index in [0.29, 0.717) is 17.8 Å². The highest BCUT2D eigenvalue weighted by atomic mass is 19.3. The first-order valence-corrected chi connectivity index (χ1v) is 8.49. The molecule has 1 amide bonds. The molecule has 29 heavy (non-hydrogen) atoms. The van der Waals surface area contributed by atoms with Gasteiger partial charge in [-0.2, -0.15) is 4.98 Å². The van der Waals surface area contributed by atoms with E-state index in [2.05, 4.69) is 15.3 Å². The lowest BCUT2D eigenvalue weighted by molar-refractivity contribution is -0.385. The van der Waals surface area contributed by atoms with Crippen molar-refractivity contribution in [1.29, 1.82) is 0 Å². The van der Waals surface area contributed by atoms with E-state index in [1.165, 1.54) is 6.07 Å². The molecule has 3 rings (SSSR count). The monoisotopic (exact) mass is 413 g/mol. The first kappa shape index (κ1) is 20.4. The zero-order valence-electron chi connectivity index (χ0n) is 15.1. The summed E-state index contributed by atoms with van der Waals surface area (Å²) in [5.41, 5.74) is -1.47. The van der Waals surface area contributed by atoms with Gasteiger partial charge in [0.15, 0.2) is 0 Å². The Morgan fingerprint density at radius 1 is 1.17 bits per heavy atom. The van der Waals surface area contributed by atoms with Gasteiger partial charge in [-0.15, -0.1) is 0 Å². The number of hydrogen-bond donors (Lipinski definition) is 1. The van der Waals surface area contributed by atoms with Crippen LogP contribution in [0.3, 0.4) is 0 Å². The van der Waals surface area contributed by atoms with E-state index in [-0.39, 0.29) is 37.7 Å². The molecular formula is C17H15F4N5O3. The van der Waals surface area contributed by atoms with E-state index < -0.39 is 39.6 Å². The van der Waals surface area contributed by atoms with Crippen LogP contribution in [0.15, 0.2) is 18.2 Å². The Kier molecular flexibility index (Phi) is 5.36. The fourth-order valence-electron chi connectivity index (χ4n) is 2.88. The van der Waals surface area contributed by atoms with Crippen LogP contribution in [0.5, 0.6) is 0 Å². The number of piperidine rings is 1. The number of halogens is 4. The average Bonchev–Trinajstić information content (AvgIpc) is 2.60. The van der Waals surface area contributed by atoms with E-state index in [9.17, 15) is 32.5 Å². The highest BCUT2D eigenvalue weighted by molar-refractivity contribution is 6.04. The fourth-order valence-corrected chi connectivity index (χ4v) is 2.88. The smallest absolute Gasteiger partial charge is 0.275 e. The van der Waals surface area contributed by atoms with Crippen LogP contribution in [0.2, 0.25) is 0 Å². The maximum absolute atomic E-state index is 14.0. The van der Waals surface area contributed by atoms with Crippen LogP contribution in [0.1, 0.15) is 28.9 Å². The van der Waals surface area contributed by atoms with Crippen LogP contribution in [0.25, 0.3) is 0 Å². The van der Waals surface area contributed by atoms with Gasteiger partial charge in [0.05, 0.1) is 17.1 Å². The van der Waals surface area contributed by atoms with Gasteiger partial charge < -0.3 is 4.90 Å². The molecule has 0 unspecified atom stereocenters. The molecule has 1 saturated heterocycles. The first-order valence-electron chi connectivity index (χ1n) is 8.49. The van der Waals surface area contributed by atoms with Gasteiger partial charge in [-0.05, 0) is 6.92 Å². The minimum absolute atomic E-state index is 0.0441. The summed E-state index contributed by atoms with van der Waals surface area (Å²) in [7, 11) is 0. The molecule has 8 nitrogen and oxygen atoms in total. The molecule has 1 aliphatic heterocycles. The number of nitrogens with zero attached hydrogens (tertiary/aromatic N) is 4. The minimum Gasteiger partial charge on any atom is -0.356 e. The molecule has 2 aromatic rings. The fraction of sp³-hybridized carbons (Fsp3) is 0.353. The number of amides is 1. The van der Waals surface area contributed by atoms with E-state index >= 15 is 0 Å². The van der Waals surface area contributed by atoms with Crippen LogP contribution in [0, 0.1) is 28.7 Å². The molecule has 154 valence electrons. The largest absolute Gasteiger partial charge is 0.356 e. The molecule has 1 aromatic heterocycles. The Morgan fingerprint density at radius 3 is 2.31 bits per heavy atom. The third-order valence-corrected chi connectivity index (χ3v) is 4.35. The SMILES string of the molecule is Cc1cc(N2CCC(F)(F)CC2)nc(NC(=O)c2c(F)cc([N+](=O)[O-])cc2F)n1. The molecule has 1 N–H and O–H groups in total. The van der Waals surface area contributed by atoms with E-state index in [0.717, 1.165) is 0 Å². The van der Waals surface area contributed by atoms with Gasteiger partial charge in [0.1, 0.15) is 23.0 Å². The Hall–Kier alpha value is -3.31. The molecule has 1 fully saturated rings. The van der Waals surface area contributed by atoms with Gasteiger partial charge in [-0.1, -0.05) is 0 Å². The van der Waals surface area contributed by atoms with Gasteiger partial charge in [0.2, 0.25) is 5.95 Å². The van der Waals surface area contributed by atoms with Crippen molar-refractivity contribution in [3.63, 3.8) is 0 Å². The normalized spacial score (nSPS) is 15.8. The highest BCUT2D eigenvalue weighted by Crippen LogP contribution is 2.30. The zero-order chi connectivity index (χ0) is 21.3. The lowest BCUT2D eigenvalue weighted by Crippen LogP contribution is -2.39. The Labute approximate surface area is 161 Å². The van der Waals surface area contributed by atoms with Gasteiger partial charge >= 0.3 is 0 Å². The van der Waals surface area contributed by atoms with E-state index in [4.69, 9.17) is 0 Å². The summed E-state index contributed by atoms with van der Waals surface area (Å²) in [5, 5.41) is 12.8. The van der Waals surface area contributed by atoms with Crippen molar-refractivity contribution in [1.82, 2.24) is 9.97 Å². The van der Waals surface area contributed by atoms with Gasteiger partial charge in [-0.25, -0.2) is 22.5 Å². The first-order chi connectivity index (χ1) is 13.6. The minimum atomic E-state index is -2.75. The number of hydrogen-bond acceptors (Lipinski definition) is 6.